The molecular formula is C14H24N2O. The monoisotopic (exact) mass is 236 g/mol. The Hall–Kier alpha value is -0.640. The van der Waals surface area contributed by atoms with E-state index < -0.39 is 0 Å². The normalized spacial score (nSPS) is 28.9. The summed E-state index contributed by atoms with van der Waals surface area (Å²) >= 11 is 0. The topological polar surface area (TPSA) is 47.3 Å². The van der Waals surface area contributed by atoms with Crippen LogP contribution in [0.4, 0.5) is 0 Å². The predicted octanol–water partition coefficient (Wildman–Crippen LogP) is 1.61. The standard InChI is InChI=1S/C14H24N2O/c1-11(9-15)3-4-13-12(2)14(10-17-13)5-7-16-8-6-14/h3,13,16H,2,4-10,15H2,1H3/b11-3+/t13-/m1/s1. The largest absolute Gasteiger partial charge is 0.373 e. The summed E-state index contributed by atoms with van der Waals surface area (Å²) in [6, 6.07) is 0. The van der Waals surface area contributed by atoms with Crippen LogP contribution in [0, 0.1) is 5.41 Å². The molecule has 0 aromatic carbocycles. The molecule has 2 fully saturated rings. The van der Waals surface area contributed by atoms with Gasteiger partial charge in [-0.3, -0.25) is 0 Å². The molecule has 3 nitrogen and oxygen atoms in total. The molecule has 3 N–H and O–H groups in total. The first-order chi connectivity index (χ1) is 8.18. The quantitative estimate of drug-likeness (QED) is 0.732. The van der Waals surface area contributed by atoms with Gasteiger partial charge in [-0.2, -0.15) is 0 Å². The highest BCUT2D eigenvalue weighted by molar-refractivity contribution is 5.22. The first-order valence-corrected chi connectivity index (χ1v) is 6.55. The molecule has 2 heterocycles. The Bertz CT molecular complexity index is 316. The third-order valence-electron chi connectivity index (χ3n) is 4.19. The average molecular weight is 236 g/mol. The first-order valence-electron chi connectivity index (χ1n) is 6.55. The number of hydrogen-bond donors (Lipinski definition) is 2. The minimum absolute atomic E-state index is 0.203. The molecule has 0 bridgehead atoms. The molecular weight excluding hydrogens is 212 g/mol. The van der Waals surface area contributed by atoms with E-state index in [0.717, 1.165) is 26.1 Å². The van der Waals surface area contributed by atoms with Crippen LogP contribution in [0.1, 0.15) is 26.2 Å². The number of rotatable bonds is 3. The lowest BCUT2D eigenvalue weighted by atomic mass is 9.73. The summed E-state index contributed by atoms with van der Waals surface area (Å²) in [5.41, 5.74) is 8.37. The van der Waals surface area contributed by atoms with Crippen molar-refractivity contribution < 1.29 is 4.74 Å². The Labute approximate surface area is 104 Å². The minimum atomic E-state index is 0.203. The van der Waals surface area contributed by atoms with Crippen LogP contribution in [0.15, 0.2) is 23.8 Å². The van der Waals surface area contributed by atoms with Gasteiger partial charge >= 0.3 is 0 Å². The van der Waals surface area contributed by atoms with Crippen molar-refractivity contribution in [2.75, 3.05) is 26.2 Å². The van der Waals surface area contributed by atoms with Crippen molar-refractivity contribution in [3.8, 4) is 0 Å². The van der Waals surface area contributed by atoms with E-state index in [0.29, 0.717) is 6.54 Å². The highest BCUT2D eigenvalue weighted by Crippen LogP contribution is 2.44. The second-order valence-electron chi connectivity index (χ2n) is 5.35. The van der Waals surface area contributed by atoms with E-state index in [-0.39, 0.29) is 11.5 Å². The van der Waals surface area contributed by atoms with Crippen molar-refractivity contribution >= 4 is 0 Å². The fourth-order valence-electron chi connectivity index (χ4n) is 2.77. The Morgan fingerprint density at radius 2 is 2.29 bits per heavy atom. The fraction of sp³-hybridized carbons (Fsp3) is 0.714. The molecule has 2 aliphatic heterocycles. The van der Waals surface area contributed by atoms with E-state index in [1.54, 1.807) is 0 Å². The molecule has 17 heavy (non-hydrogen) atoms. The zero-order valence-electron chi connectivity index (χ0n) is 10.8. The van der Waals surface area contributed by atoms with Crippen molar-refractivity contribution in [2.45, 2.75) is 32.3 Å². The van der Waals surface area contributed by atoms with Crippen molar-refractivity contribution in [1.29, 1.82) is 0 Å². The van der Waals surface area contributed by atoms with Crippen LogP contribution in [0.25, 0.3) is 0 Å². The van der Waals surface area contributed by atoms with Gasteiger partial charge in [-0.1, -0.05) is 18.2 Å². The number of nitrogens with one attached hydrogen (secondary N) is 1. The van der Waals surface area contributed by atoms with Crippen LogP contribution in [0.2, 0.25) is 0 Å². The summed E-state index contributed by atoms with van der Waals surface area (Å²) < 4.78 is 5.94. The molecule has 2 saturated heterocycles. The van der Waals surface area contributed by atoms with Crippen LogP contribution in [-0.4, -0.2) is 32.3 Å². The number of nitrogens with two attached hydrogens (primary N) is 1. The average Bonchev–Trinajstić information content (AvgIpc) is 2.66. The molecule has 0 radical (unpaired) electrons. The summed E-state index contributed by atoms with van der Waals surface area (Å²) in [5, 5.41) is 3.41. The fourth-order valence-corrected chi connectivity index (χ4v) is 2.77. The lowest BCUT2D eigenvalue weighted by molar-refractivity contribution is 0.0883. The summed E-state index contributed by atoms with van der Waals surface area (Å²) in [5.74, 6) is 0. The van der Waals surface area contributed by atoms with Crippen molar-refractivity contribution in [1.82, 2.24) is 5.32 Å². The lowest BCUT2D eigenvalue weighted by Gasteiger charge is -2.33. The molecule has 0 unspecified atom stereocenters. The van der Waals surface area contributed by atoms with Gasteiger partial charge in [0.2, 0.25) is 0 Å². The molecule has 96 valence electrons. The van der Waals surface area contributed by atoms with Gasteiger partial charge in [0.05, 0.1) is 12.7 Å². The maximum Gasteiger partial charge on any atom is 0.0823 e. The van der Waals surface area contributed by atoms with Crippen molar-refractivity contribution in [2.24, 2.45) is 11.1 Å². The molecule has 1 atom stereocenters. The first kappa shape index (κ1) is 12.8. The highest BCUT2D eigenvalue weighted by atomic mass is 16.5. The third-order valence-corrected chi connectivity index (χ3v) is 4.19. The van der Waals surface area contributed by atoms with Gasteiger partial charge in [-0.15, -0.1) is 0 Å². The van der Waals surface area contributed by atoms with E-state index in [1.807, 2.05) is 0 Å². The molecule has 3 heteroatoms. The Balaban J connectivity index is 1.97. The summed E-state index contributed by atoms with van der Waals surface area (Å²) in [4.78, 5) is 0. The summed E-state index contributed by atoms with van der Waals surface area (Å²) in [6.45, 7) is 10.0. The van der Waals surface area contributed by atoms with E-state index in [2.05, 4.69) is 24.9 Å². The van der Waals surface area contributed by atoms with E-state index in [4.69, 9.17) is 10.5 Å². The van der Waals surface area contributed by atoms with E-state index >= 15 is 0 Å². The van der Waals surface area contributed by atoms with Crippen LogP contribution < -0.4 is 11.1 Å². The van der Waals surface area contributed by atoms with E-state index in [9.17, 15) is 0 Å². The van der Waals surface area contributed by atoms with Crippen LogP contribution >= 0.6 is 0 Å². The molecule has 0 aromatic rings. The molecule has 2 aliphatic rings. The van der Waals surface area contributed by atoms with Gasteiger partial charge in [-0.05, 0) is 44.8 Å². The minimum Gasteiger partial charge on any atom is -0.373 e. The predicted molar refractivity (Wildman–Crippen MR) is 70.8 cm³/mol. The van der Waals surface area contributed by atoms with Crippen LogP contribution in [0.3, 0.4) is 0 Å². The number of piperidine rings is 1. The molecule has 1 spiro atoms. The van der Waals surface area contributed by atoms with Crippen molar-refractivity contribution in [3.63, 3.8) is 0 Å². The second kappa shape index (κ2) is 5.34. The second-order valence-corrected chi connectivity index (χ2v) is 5.35. The van der Waals surface area contributed by atoms with Crippen molar-refractivity contribution in [3.05, 3.63) is 23.8 Å². The maximum atomic E-state index is 5.94. The summed E-state index contributed by atoms with van der Waals surface area (Å²) in [6.07, 6.45) is 5.66. The van der Waals surface area contributed by atoms with Gasteiger partial charge in [-0.25, -0.2) is 0 Å². The maximum absolute atomic E-state index is 5.94. The molecule has 0 aliphatic carbocycles. The van der Waals surface area contributed by atoms with Gasteiger partial charge in [0.15, 0.2) is 0 Å². The van der Waals surface area contributed by atoms with Gasteiger partial charge in [0.25, 0.3) is 0 Å². The zero-order chi connectivity index (χ0) is 12.3. The van der Waals surface area contributed by atoms with E-state index in [1.165, 1.54) is 24.0 Å². The lowest BCUT2D eigenvalue weighted by Crippen LogP contribution is -2.38. The van der Waals surface area contributed by atoms with Gasteiger partial charge in [0.1, 0.15) is 0 Å². The third kappa shape index (κ3) is 2.62. The van der Waals surface area contributed by atoms with Crippen LogP contribution in [-0.2, 0) is 4.74 Å². The Kier molecular flexibility index (Phi) is 4.02. The molecule has 0 saturated carbocycles. The highest BCUT2D eigenvalue weighted by Gasteiger charge is 2.43. The number of hydrogen-bond acceptors (Lipinski definition) is 3. The Morgan fingerprint density at radius 1 is 1.59 bits per heavy atom. The summed E-state index contributed by atoms with van der Waals surface area (Å²) in [7, 11) is 0. The number of ether oxygens (including phenoxy) is 1. The van der Waals surface area contributed by atoms with Crippen LogP contribution in [0.5, 0.6) is 0 Å². The smallest absolute Gasteiger partial charge is 0.0823 e. The SMILES string of the molecule is C=C1[C@@H](C/C=C(\C)CN)OCC12CCNCC2. The molecule has 2 rings (SSSR count). The molecule has 0 amide bonds. The van der Waals surface area contributed by atoms with Gasteiger partial charge < -0.3 is 15.8 Å². The Morgan fingerprint density at radius 3 is 2.94 bits per heavy atom. The zero-order valence-corrected chi connectivity index (χ0v) is 10.8. The van der Waals surface area contributed by atoms with Gasteiger partial charge in [0, 0.05) is 12.0 Å². The molecule has 0 aromatic heterocycles.